The van der Waals surface area contributed by atoms with Crippen molar-refractivity contribution in [2.75, 3.05) is 39.1 Å². The van der Waals surface area contributed by atoms with Crippen molar-refractivity contribution < 1.29 is 18.8 Å². The summed E-state index contributed by atoms with van der Waals surface area (Å²) in [5, 5.41) is 2.96. The number of anilines is 1. The Kier molecular flexibility index (Phi) is 5.99. The molecule has 0 radical (unpaired) electrons. The zero-order valence-electron chi connectivity index (χ0n) is 15.3. The fraction of sp³-hybridized carbons (Fsp3) is 0.579. The summed E-state index contributed by atoms with van der Waals surface area (Å²) in [6.07, 6.45) is 4.83. The second-order valence-electron chi connectivity index (χ2n) is 7.18. The number of likely N-dealkylation sites (N-methyl/N-ethyl adjacent to an activating group) is 1. The highest BCUT2D eigenvalue weighted by Gasteiger charge is 2.27. The van der Waals surface area contributed by atoms with Crippen LogP contribution in [0.2, 0.25) is 0 Å². The Hall–Kier alpha value is -1.88. The molecule has 1 N–H and O–H groups in total. The topological polar surface area (TPSA) is 55.4 Å². The number of ether oxygens (including phenoxy) is 1. The van der Waals surface area contributed by atoms with Crippen molar-refractivity contribution in [3.05, 3.63) is 28.8 Å². The molecule has 1 saturated heterocycles. The lowest BCUT2D eigenvalue weighted by Gasteiger charge is -2.32. The van der Waals surface area contributed by atoms with Crippen molar-refractivity contribution >= 4 is 17.6 Å². The van der Waals surface area contributed by atoms with Gasteiger partial charge in [0.15, 0.2) is 6.54 Å². The van der Waals surface area contributed by atoms with Gasteiger partial charge in [-0.3, -0.25) is 4.79 Å². The van der Waals surface area contributed by atoms with Gasteiger partial charge in [0.05, 0.1) is 38.5 Å². The number of rotatable bonds is 4. The Morgan fingerprint density at radius 2 is 1.75 bits per heavy atom. The van der Waals surface area contributed by atoms with Crippen LogP contribution in [0.5, 0.6) is 0 Å². The van der Waals surface area contributed by atoms with Gasteiger partial charge in [-0.25, -0.2) is 4.79 Å². The Bertz CT molecular complexity index is 617. The fourth-order valence-corrected chi connectivity index (χ4v) is 3.54. The van der Waals surface area contributed by atoms with Crippen molar-refractivity contribution in [2.45, 2.75) is 39.5 Å². The first-order chi connectivity index (χ1) is 11.3. The van der Waals surface area contributed by atoms with Crippen LogP contribution in [0.25, 0.3) is 0 Å². The van der Waals surface area contributed by atoms with Gasteiger partial charge in [-0.2, -0.15) is 0 Å². The predicted octanol–water partition coefficient (Wildman–Crippen LogP) is 3.05. The molecule has 1 aromatic rings. The number of nitrogens with one attached hydrogen (secondary N) is 1. The molecule has 1 aliphatic rings. The summed E-state index contributed by atoms with van der Waals surface area (Å²) in [4.78, 5) is 24.7. The molecule has 0 aliphatic carbocycles. The number of hydrogen-bond donors (Lipinski definition) is 1. The SMILES string of the molecule is COC(=O)c1cc(C)cc(C)c1NC(=O)C[N+]1(C)CCCCCC1. The molecule has 24 heavy (non-hydrogen) atoms. The molecule has 1 aromatic carbocycles. The van der Waals surface area contributed by atoms with Crippen LogP contribution >= 0.6 is 0 Å². The van der Waals surface area contributed by atoms with E-state index in [1.54, 1.807) is 6.07 Å². The summed E-state index contributed by atoms with van der Waals surface area (Å²) in [5.74, 6) is -0.469. The minimum Gasteiger partial charge on any atom is -0.465 e. The molecule has 5 heteroatoms. The van der Waals surface area contributed by atoms with Crippen LogP contribution in [0.3, 0.4) is 0 Å². The molecule has 1 fully saturated rings. The highest BCUT2D eigenvalue weighted by atomic mass is 16.5. The summed E-state index contributed by atoms with van der Waals surface area (Å²) < 4.78 is 5.63. The quantitative estimate of drug-likeness (QED) is 0.680. The van der Waals surface area contributed by atoms with Crippen LogP contribution in [0.4, 0.5) is 5.69 Å². The first kappa shape index (κ1) is 18.5. The van der Waals surface area contributed by atoms with E-state index in [2.05, 4.69) is 12.4 Å². The second-order valence-corrected chi connectivity index (χ2v) is 7.18. The molecule has 0 saturated carbocycles. The van der Waals surface area contributed by atoms with E-state index < -0.39 is 5.97 Å². The number of carbonyl (C=O) groups excluding carboxylic acids is 2. The first-order valence-electron chi connectivity index (χ1n) is 8.67. The van der Waals surface area contributed by atoms with E-state index in [4.69, 9.17) is 4.74 Å². The average molecular weight is 333 g/mol. The highest BCUT2D eigenvalue weighted by molar-refractivity contribution is 6.02. The van der Waals surface area contributed by atoms with E-state index in [1.165, 1.54) is 32.8 Å². The molecule has 0 unspecified atom stereocenters. The van der Waals surface area contributed by atoms with Crippen LogP contribution in [-0.4, -0.2) is 50.2 Å². The monoisotopic (exact) mass is 333 g/mol. The van der Waals surface area contributed by atoms with Crippen LogP contribution in [0, 0.1) is 13.8 Å². The van der Waals surface area contributed by atoms with E-state index in [1.807, 2.05) is 19.9 Å². The van der Waals surface area contributed by atoms with E-state index in [0.717, 1.165) is 28.7 Å². The van der Waals surface area contributed by atoms with Crippen molar-refractivity contribution in [3.63, 3.8) is 0 Å². The Morgan fingerprint density at radius 1 is 1.12 bits per heavy atom. The molecule has 1 aliphatic heterocycles. The number of aryl methyl sites for hydroxylation is 2. The van der Waals surface area contributed by atoms with E-state index in [9.17, 15) is 9.59 Å². The van der Waals surface area contributed by atoms with Crippen molar-refractivity contribution in [2.24, 2.45) is 0 Å². The smallest absolute Gasteiger partial charge is 0.339 e. The van der Waals surface area contributed by atoms with Gasteiger partial charge in [-0.05, 0) is 56.7 Å². The van der Waals surface area contributed by atoms with Crippen molar-refractivity contribution in [1.82, 2.24) is 0 Å². The van der Waals surface area contributed by atoms with Crippen molar-refractivity contribution in [1.29, 1.82) is 0 Å². The summed E-state index contributed by atoms with van der Waals surface area (Å²) in [7, 11) is 3.50. The average Bonchev–Trinajstić information content (AvgIpc) is 2.73. The van der Waals surface area contributed by atoms with Gasteiger partial charge in [-0.15, -0.1) is 0 Å². The molecule has 1 heterocycles. The first-order valence-corrected chi connectivity index (χ1v) is 8.67. The van der Waals surface area contributed by atoms with Crippen LogP contribution in [0.1, 0.15) is 47.2 Å². The number of methoxy groups -OCH3 is 1. The largest absolute Gasteiger partial charge is 0.465 e. The number of likely N-dealkylation sites (tertiary alicyclic amines) is 1. The van der Waals surface area contributed by atoms with Crippen LogP contribution < -0.4 is 5.32 Å². The maximum absolute atomic E-state index is 12.6. The zero-order valence-corrected chi connectivity index (χ0v) is 15.3. The number of nitrogens with zero attached hydrogens (tertiary/aromatic N) is 1. The van der Waals surface area contributed by atoms with Crippen molar-refractivity contribution in [3.8, 4) is 0 Å². The molecular weight excluding hydrogens is 304 g/mol. The summed E-state index contributed by atoms with van der Waals surface area (Å²) in [6, 6.07) is 3.72. The third-order valence-electron chi connectivity index (χ3n) is 4.82. The van der Waals surface area contributed by atoms with Gasteiger partial charge in [0.25, 0.3) is 5.91 Å². The standard InChI is InChI=1S/C19H28N2O3/c1-14-11-15(2)18(16(12-14)19(23)24-4)20-17(22)13-21(3)9-7-5-6-8-10-21/h11-12H,5-10,13H2,1-4H3/p+1. The lowest BCUT2D eigenvalue weighted by molar-refractivity contribution is -0.901. The molecule has 1 amide bonds. The number of quaternary nitrogens is 1. The minimum atomic E-state index is -0.424. The number of carbonyl (C=O) groups is 2. The van der Waals surface area contributed by atoms with E-state index in [0.29, 0.717) is 17.8 Å². The maximum atomic E-state index is 12.6. The van der Waals surface area contributed by atoms with E-state index >= 15 is 0 Å². The lowest BCUT2D eigenvalue weighted by atomic mass is 10.0. The van der Waals surface area contributed by atoms with Gasteiger partial charge >= 0.3 is 5.97 Å². The van der Waals surface area contributed by atoms with Gasteiger partial charge in [0, 0.05) is 0 Å². The summed E-state index contributed by atoms with van der Waals surface area (Å²) in [5.41, 5.74) is 2.83. The Balaban J connectivity index is 2.17. The summed E-state index contributed by atoms with van der Waals surface area (Å²) in [6.45, 7) is 6.33. The third kappa shape index (κ3) is 4.57. The normalized spacial score (nSPS) is 17.0. The number of amides is 1. The highest BCUT2D eigenvalue weighted by Crippen LogP contribution is 2.24. The van der Waals surface area contributed by atoms with Gasteiger partial charge in [-0.1, -0.05) is 6.07 Å². The Morgan fingerprint density at radius 3 is 2.33 bits per heavy atom. The maximum Gasteiger partial charge on any atom is 0.339 e. The third-order valence-corrected chi connectivity index (χ3v) is 4.82. The molecule has 0 bridgehead atoms. The minimum absolute atomic E-state index is 0.0449. The van der Waals surface area contributed by atoms with E-state index in [-0.39, 0.29) is 5.91 Å². The summed E-state index contributed by atoms with van der Waals surface area (Å²) >= 11 is 0. The molecule has 2 rings (SSSR count). The predicted molar refractivity (Wildman–Crippen MR) is 95.1 cm³/mol. The number of hydrogen-bond acceptors (Lipinski definition) is 3. The number of esters is 1. The Labute approximate surface area is 144 Å². The zero-order chi connectivity index (χ0) is 17.7. The van der Waals surface area contributed by atoms with Crippen LogP contribution in [0.15, 0.2) is 12.1 Å². The van der Waals surface area contributed by atoms with Crippen LogP contribution in [-0.2, 0) is 9.53 Å². The molecule has 0 spiro atoms. The fourth-order valence-electron chi connectivity index (χ4n) is 3.54. The van der Waals surface area contributed by atoms with Gasteiger partial charge < -0.3 is 14.5 Å². The molecule has 0 atom stereocenters. The molecular formula is C19H29N2O3+. The van der Waals surface area contributed by atoms with Gasteiger partial charge in [0.2, 0.25) is 0 Å². The molecule has 5 nitrogen and oxygen atoms in total. The van der Waals surface area contributed by atoms with Gasteiger partial charge in [0.1, 0.15) is 0 Å². The number of benzene rings is 1. The molecule has 0 aromatic heterocycles. The second kappa shape index (κ2) is 7.79. The lowest BCUT2D eigenvalue weighted by Crippen LogP contribution is -2.49. The molecule has 132 valence electrons.